The highest BCUT2D eigenvalue weighted by Crippen LogP contribution is 2.36. The molecule has 0 bridgehead atoms. The van der Waals surface area contributed by atoms with Crippen molar-refractivity contribution in [3.05, 3.63) is 60.2 Å². The number of anilines is 1. The standard InChI is InChI=1S/C23H25F3N6O/c1-30(2)22-27-13-19(16-6-8-18(9-7-16)23(24,25)26)21(29-22)17-5-3-11-31(14-17)20(33)15-32-12-4-10-28-32/h4,6-10,12-13,17H,3,5,11,14-15H2,1-2H3/t17-/m0/s1. The molecule has 2 aromatic heterocycles. The fourth-order valence-electron chi connectivity index (χ4n) is 4.03. The Balaban J connectivity index is 1.63. The number of alkyl halides is 3. The van der Waals surface area contributed by atoms with E-state index in [9.17, 15) is 18.0 Å². The molecule has 7 nitrogen and oxygen atoms in total. The third-order valence-electron chi connectivity index (χ3n) is 5.75. The molecule has 1 aliphatic rings. The lowest BCUT2D eigenvalue weighted by Gasteiger charge is -2.33. The summed E-state index contributed by atoms with van der Waals surface area (Å²) in [7, 11) is 3.66. The monoisotopic (exact) mass is 458 g/mol. The number of hydrogen-bond donors (Lipinski definition) is 0. The van der Waals surface area contributed by atoms with Crippen LogP contribution in [0.3, 0.4) is 0 Å². The number of carbonyl (C=O) groups is 1. The highest BCUT2D eigenvalue weighted by Gasteiger charge is 2.31. The lowest BCUT2D eigenvalue weighted by Crippen LogP contribution is -2.41. The summed E-state index contributed by atoms with van der Waals surface area (Å²) in [6.45, 7) is 1.30. The van der Waals surface area contributed by atoms with Crippen molar-refractivity contribution >= 4 is 11.9 Å². The Morgan fingerprint density at radius 2 is 1.97 bits per heavy atom. The first-order chi connectivity index (χ1) is 15.7. The van der Waals surface area contributed by atoms with Gasteiger partial charge < -0.3 is 9.80 Å². The van der Waals surface area contributed by atoms with Crippen molar-refractivity contribution in [2.45, 2.75) is 31.5 Å². The Hall–Kier alpha value is -3.43. The summed E-state index contributed by atoms with van der Waals surface area (Å²) in [6, 6.07) is 6.80. The van der Waals surface area contributed by atoms with Gasteiger partial charge in [0, 0.05) is 57.3 Å². The van der Waals surface area contributed by atoms with E-state index in [-0.39, 0.29) is 18.4 Å². The van der Waals surface area contributed by atoms with Crippen molar-refractivity contribution in [3.63, 3.8) is 0 Å². The van der Waals surface area contributed by atoms with E-state index in [1.165, 1.54) is 12.1 Å². The predicted molar refractivity (Wildman–Crippen MR) is 118 cm³/mol. The molecule has 1 saturated heterocycles. The molecule has 1 aromatic carbocycles. The van der Waals surface area contributed by atoms with Crippen LogP contribution in [0.2, 0.25) is 0 Å². The third kappa shape index (κ3) is 5.15. The summed E-state index contributed by atoms with van der Waals surface area (Å²) in [5, 5.41) is 4.10. The van der Waals surface area contributed by atoms with Crippen molar-refractivity contribution in [3.8, 4) is 11.1 Å². The molecule has 0 saturated carbocycles. The summed E-state index contributed by atoms with van der Waals surface area (Å²) in [6.07, 6.45) is 2.27. The number of rotatable bonds is 5. The van der Waals surface area contributed by atoms with Crippen molar-refractivity contribution in [1.29, 1.82) is 0 Å². The first-order valence-corrected chi connectivity index (χ1v) is 10.7. The molecule has 1 atom stereocenters. The SMILES string of the molecule is CN(C)c1ncc(-c2ccc(C(F)(F)F)cc2)c([C@H]2CCCN(C(=O)Cn3cccn3)C2)n1. The van der Waals surface area contributed by atoms with Crippen LogP contribution in [0.15, 0.2) is 48.9 Å². The van der Waals surface area contributed by atoms with Crippen LogP contribution < -0.4 is 4.90 Å². The Labute approximate surface area is 189 Å². The molecule has 3 aromatic rings. The molecule has 0 radical (unpaired) electrons. The Morgan fingerprint density at radius 1 is 1.21 bits per heavy atom. The van der Waals surface area contributed by atoms with Crippen LogP contribution in [-0.4, -0.2) is 57.7 Å². The van der Waals surface area contributed by atoms with E-state index in [1.54, 1.807) is 34.2 Å². The molecule has 1 aliphatic heterocycles. The van der Waals surface area contributed by atoms with Crippen LogP contribution in [0, 0.1) is 0 Å². The molecule has 0 spiro atoms. The van der Waals surface area contributed by atoms with Crippen molar-refractivity contribution < 1.29 is 18.0 Å². The minimum absolute atomic E-state index is 0.0265. The number of likely N-dealkylation sites (tertiary alicyclic amines) is 1. The van der Waals surface area contributed by atoms with Gasteiger partial charge in [-0.3, -0.25) is 9.48 Å². The summed E-state index contributed by atoms with van der Waals surface area (Å²) in [4.78, 5) is 25.5. The van der Waals surface area contributed by atoms with E-state index in [0.29, 0.717) is 30.2 Å². The maximum Gasteiger partial charge on any atom is 0.416 e. The number of nitrogens with zero attached hydrogens (tertiary/aromatic N) is 6. The first-order valence-electron chi connectivity index (χ1n) is 10.7. The number of piperidine rings is 1. The maximum absolute atomic E-state index is 13.0. The van der Waals surface area contributed by atoms with Crippen LogP contribution in [0.25, 0.3) is 11.1 Å². The number of benzene rings is 1. The summed E-state index contributed by atoms with van der Waals surface area (Å²) >= 11 is 0. The van der Waals surface area contributed by atoms with Gasteiger partial charge in [0.2, 0.25) is 11.9 Å². The molecule has 1 fully saturated rings. The second-order valence-corrected chi connectivity index (χ2v) is 8.32. The minimum atomic E-state index is -4.40. The van der Waals surface area contributed by atoms with Crippen molar-refractivity contribution in [1.82, 2.24) is 24.6 Å². The highest BCUT2D eigenvalue weighted by atomic mass is 19.4. The first kappa shape index (κ1) is 22.8. The smallest absolute Gasteiger partial charge is 0.347 e. The number of aromatic nitrogens is 4. The average molecular weight is 458 g/mol. The van der Waals surface area contributed by atoms with E-state index < -0.39 is 11.7 Å². The Morgan fingerprint density at radius 3 is 2.61 bits per heavy atom. The van der Waals surface area contributed by atoms with Gasteiger partial charge >= 0.3 is 6.18 Å². The predicted octanol–water partition coefficient (Wildman–Crippen LogP) is 3.83. The maximum atomic E-state index is 13.0. The number of hydrogen-bond acceptors (Lipinski definition) is 5. The number of halogens is 3. The normalized spacial score (nSPS) is 16.6. The lowest BCUT2D eigenvalue weighted by atomic mass is 9.89. The largest absolute Gasteiger partial charge is 0.416 e. The Kier molecular flexibility index (Phi) is 6.35. The molecule has 1 amide bonds. The van der Waals surface area contributed by atoms with Gasteiger partial charge in [0.25, 0.3) is 0 Å². The quantitative estimate of drug-likeness (QED) is 0.581. The van der Waals surface area contributed by atoms with E-state index in [4.69, 9.17) is 4.98 Å². The van der Waals surface area contributed by atoms with Crippen LogP contribution in [0.5, 0.6) is 0 Å². The summed E-state index contributed by atoms with van der Waals surface area (Å²) in [5.41, 5.74) is 1.33. The van der Waals surface area contributed by atoms with Crippen LogP contribution >= 0.6 is 0 Å². The topological polar surface area (TPSA) is 67.2 Å². The zero-order valence-electron chi connectivity index (χ0n) is 18.5. The van der Waals surface area contributed by atoms with Gasteiger partial charge in [0.1, 0.15) is 6.54 Å². The second-order valence-electron chi connectivity index (χ2n) is 8.32. The third-order valence-corrected chi connectivity index (χ3v) is 5.75. The van der Waals surface area contributed by atoms with Crippen molar-refractivity contribution in [2.24, 2.45) is 0 Å². The van der Waals surface area contributed by atoms with Gasteiger partial charge in [-0.1, -0.05) is 12.1 Å². The summed E-state index contributed by atoms with van der Waals surface area (Å²) in [5.74, 6) is 0.432. The van der Waals surface area contributed by atoms with E-state index in [1.807, 2.05) is 19.0 Å². The lowest BCUT2D eigenvalue weighted by molar-refractivity contribution is -0.137. The zero-order chi connectivity index (χ0) is 23.6. The average Bonchev–Trinajstić information content (AvgIpc) is 3.31. The van der Waals surface area contributed by atoms with E-state index in [2.05, 4.69) is 10.1 Å². The number of amides is 1. The molecular weight excluding hydrogens is 433 g/mol. The van der Waals surface area contributed by atoms with Crippen molar-refractivity contribution in [2.75, 3.05) is 32.1 Å². The van der Waals surface area contributed by atoms with Gasteiger partial charge in [-0.05, 0) is 36.6 Å². The summed E-state index contributed by atoms with van der Waals surface area (Å²) < 4.78 is 40.6. The molecular formula is C23H25F3N6O. The zero-order valence-corrected chi connectivity index (χ0v) is 18.5. The molecule has 0 aliphatic carbocycles. The second kappa shape index (κ2) is 9.21. The fourth-order valence-corrected chi connectivity index (χ4v) is 4.03. The van der Waals surface area contributed by atoms with Gasteiger partial charge in [-0.25, -0.2) is 9.97 Å². The van der Waals surface area contributed by atoms with Crippen LogP contribution in [-0.2, 0) is 17.5 Å². The minimum Gasteiger partial charge on any atom is -0.347 e. The van der Waals surface area contributed by atoms with E-state index in [0.717, 1.165) is 30.7 Å². The van der Waals surface area contributed by atoms with Gasteiger partial charge in [-0.15, -0.1) is 0 Å². The van der Waals surface area contributed by atoms with Crippen LogP contribution in [0.4, 0.5) is 19.1 Å². The molecule has 3 heterocycles. The molecule has 174 valence electrons. The number of carbonyl (C=O) groups excluding carboxylic acids is 1. The molecule has 4 rings (SSSR count). The fraction of sp³-hybridized carbons (Fsp3) is 0.391. The molecule has 10 heteroatoms. The van der Waals surface area contributed by atoms with Gasteiger partial charge in [-0.2, -0.15) is 18.3 Å². The van der Waals surface area contributed by atoms with Gasteiger partial charge in [0.05, 0.1) is 11.3 Å². The molecule has 33 heavy (non-hydrogen) atoms. The highest BCUT2D eigenvalue weighted by molar-refractivity contribution is 5.76. The van der Waals surface area contributed by atoms with E-state index >= 15 is 0 Å². The molecule has 0 unspecified atom stereocenters. The van der Waals surface area contributed by atoms with Gasteiger partial charge in [0.15, 0.2) is 0 Å². The Bertz CT molecular complexity index is 1100. The van der Waals surface area contributed by atoms with Crippen LogP contribution in [0.1, 0.15) is 30.0 Å². The molecule has 0 N–H and O–H groups in total.